The van der Waals surface area contributed by atoms with Gasteiger partial charge in [-0.25, -0.2) is 0 Å². The second-order valence-corrected chi connectivity index (χ2v) is 5.01. The quantitative estimate of drug-likeness (QED) is 0.599. The average molecular weight is 182 g/mol. The van der Waals surface area contributed by atoms with Crippen molar-refractivity contribution in [2.24, 2.45) is 0 Å². The molecule has 0 aromatic rings. The zero-order valence-corrected chi connectivity index (χ0v) is 7.14. The Morgan fingerprint density at radius 2 is 2.12 bits per heavy atom. The van der Waals surface area contributed by atoms with Crippen LogP contribution in [0.5, 0.6) is 0 Å². The monoisotopic (exact) mass is 183 g/mol. The van der Waals surface area contributed by atoms with E-state index >= 15 is 0 Å². The molecule has 3 heteroatoms. The van der Waals surface area contributed by atoms with Gasteiger partial charge in [0.2, 0.25) is 0 Å². The fraction of sp³-hybridized carbons (Fsp3) is 0.800. The molecular formula is C5H11O2Se. The van der Waals surface area contributed by atoms with E-state index in [-0.39, 0.29) is 5.97 Å². The topological polar surface area (TPSA) is 26.3 Å². The van der Waals surface area contributed by atoms with Gasteiger partial charge < -0.3 is 0 Å². The average Bonchev–Trinajstić information content (AvgIpc) is 1.65. The van der Waals surface area contributed by atoms with Crippen LogP contribution in [0.2, 0.25) is 11.6 Å². The first kappa shape index (κ1) is 7.99. The Bertz CT molecular complexity index is 80.5. The molecule has 0 aliphatic carbocycles. The van der Waals surface area contributed by atoms with Gasteiger partial charge in [0.25, 0.3) is 0 Å². The van der Waals surface area contributed by atoms with Gasteiger partial charge >= 0.3 is 53.8 Å². The SMILES string of the molecule is CCC(=O)O[Se](C)C. The second kappa shape index (κ2) is 3.93. The van der Waals surface area contributed by atoms with Crippen LogP contribution in [-0.2, 0) is 8.61 Å². The standard InChI is InChI=1S/C5H11O2Se/c1-4-5(6)7-8(2)3/h4H2,1-3H3. The van der Waals surface area contributed by atoms with Crippen LogP contribution in [0.15, 0.2) is 0 Å². The molecule has 0 unspecified atom stereocenters. The van der Waals surface area contributed by atoms with Crippen LogP contribution in [0.4, 0.5) is 0 Å². The summed E-state index contributed by atoms with van der Waals surface area (Å²) < 4.78 is 4.89. The van der Waals surface area contributed by atoms with Gasteiger partial charge in [0.05, 0.1) is 0 Å². The van der Waals surface area contributed by atoms with Crippen molar-refractivity contribution < 1.29 is 8.61 Å². The Hall–Kier alpha value is -0.0105. The molecule has 0 aromatic carbocycles. The number of rotatable bonds is 2. The molecule has 0 aromatic heterocycles. The molecule has 8 heavy (non-hydrogen) atoms. The molecule has 0 aliphatic heterocycles. The maximum atomic E-state index is 10.4. The fourth-order valence-electron chi connectivity index (χ4n) is 0.245. The molecule has 0 spiro atoms. The fourth-order valence-corrected chi connectivity index (χ4v) is 1.27. The molecule has 0 aliphatic rings. The van der Waals surface area contributed by atoms with Crippen LogP contribution in [-0.4, -0.2) is 20.2 Å². The van der Waals surface area contributed by atoms with E-state index in [4.69, 9.17) is 3.82 Å². The minimum atomic E-state index is -0.983. The summed E-state index contributed by atoms with van der Waals surface area (Å²) >= 11 is -0.983. The zero-order valence-electron chi connectivity index (χ0n) is 5.43. The Kier molecular flexibility index (Phi) is 3.92. The summed E-state index contributed by atoms with van der Waals surface area (Å²) in [5, 5.41) is 0. The van der Waals surface area contributed by atoms with Crippen molar-refractivity contribution in [3.05, 3.63) is 0 Å². The molecule has 0 N–H and O–H groups in total. The van der Waals surface area contributed by atoms with Gasteiger partial charge in [-0.3, -0.25) is 0 Å². The normalized spacial score (nSPS) is 9.50. The molecule has 0 heterocycles. The minimum absolute atomic E-state index is 0.0694. The second-order valence-electron chi connectivity index (χ2n) is 1.55. The van der Waals surface area contributed by atoms with Crippen molar-refractivity contribution in [1.29, 1.82) is 0 Å². The van der Waals surface area contributed by atoms with Gasteiger partial charge in [-0.15, -0.1) is 0 Å². The van der Waals surface area contributed by atoms with Gasteiger partial charge in [0.15, 0.2) is 0 Å². The van der Waals surface area contributed by atoms with Crippen LogP contribution in [0.1, 0.15) is 13.3 Å². The van der Waals surface area contributed by atoms with E-state index in [0.717, 1.165) is 0 Å². The summed E-state index contributed by atoms with van der Waals surface area (Å²) in [6, 6.07) is 0. The van der Waals surface area contributed by atoms with E-state index in [9.17, 15) is 4.79 Å². The molecule has 49 valence electrons. The Morgan fingerprint density at radius 3 is 2.25 bits per heavy atom. The summed E-state index contributed by atoms with van der Waals surface area (Å²) in [6.07, 6.45) is 0.502. The maximum absolute atomic E-state index is 10.4. The van der Waals surface area contributed by atoms with E-state index in [1.165, 1.54) is 0 Å². The molecule has 0 fully saturated rings. The molecule has 0 saturated carbocycles. The van der Waals surface area contributed by atoms with Crippen molar-refractivity contribution in [2.75, 3.05) is 0 Å². The van der Waals surface area contributed by atoms with Gasteiger partial charge in [-0.2, -0.15) is 0 Å². The molecule has 2 nitrogen and oxygen atoms in total. The Labute approximate surface area is 54.4 Å². The van der Waals surface area contributed by atoms with Crippen LogP contribution >= 0.6 is 0 Å². The van der Waals surface area contributed by atoms with E-state index in [0.29, 0.717) is 6.42 Å². The van der Waals surface area contributed by atoms with Crippen LogP contribution in [0.25, 0.3) is 0 Å². The van der Waals surface area contributed by atoms with Crippen molar-refractivity contribution in [1.82, 2.24) is 0 Å². The van der Waals surface area contributed by atoms with Crippen LogP contribution in [0, 0.1) is 0 Å². The third-order valence-electron chi connectivity index (χ3n) is 0.548. The van der Waals surface area contributed by atoms with Crippen molar-refractivity contribution in [3.8, 4) is 0 Å². The number of hydrogen-bond donors (Lipinski definition) is 0. The molecule has 0 saturated heterocycles. The first-order valence-corrected chi connectivity index (χ1v) is 6.58. The summed E-state index contributed by atoms with van der Waals surface area (Å²) in [5.74, 6) is 3.86. The number of carbonyl (C=O) groups is 1. The Morgan fingerprint density at radius 1 is 1.62 bits per heavy atom. The number of hydrogen-bond acceptors (Lipinski definition) is 2. The van der Waals surface area contributed by atoms with Gasteiger partial charge in [0.1, 0.15) is 0 Å². The van der Waals surface area contributed by atoms with Crippen molar-refractivity contribution >= 4 is 20.2 Å². The molecule has 1 radical (unpaired) electrons. The molecule has 0 bridgehead atoms. The molecule has 0 atom stereocenters. The summed E-state index contributed by atoms with van der Waals surface area (Å²) in [7, 11) is 0. The third-order valence-corrected chi connectivity index (χ3v) is 1.64. The van der Waals surface area contributed by atoms with Gasteiger partial charge in [-0.1, -0.05) is 0 Å². The van der Waals surface area contributed by atoms with Gasteiger partial charge in [-0.05, 0) is 0 Å². The van der Waals surface area contributed by atoms with Crippen molar-refractivity contribution in [2.45, 2.75) is 25.0 Å². The van der Waals surface area contributed by atoms with E-state index < -0.39 is 14.2 Å². The first-order valence-electron chi connectivity index (χ1n) is 2.45. The molecule has 0 amide bonds. The predicted molar refractivity (Wildman–Crippen MR) is 33.9 cm³/mol. The molecule has 0 rings (SSSR count). The zero-order chi connectivity index (χ0) is 6.57. The van der Waals surface area contributed by atoms with Crippen LogP contribution in [0.3, 0.4) is 0 Å². The summed E-state index contributed by atoms with van der Waals surface area (Å²) in [5.41, 5.74) is 0. The summed E-state index contributed by atoms with van der Waals surface area (Å²) in [4.78, 5) is 10.4. The predicted octanol–water partition coefficient (Wildman–Crippen LogP) is 1.19. The van der Waals surface area contributed by atoms with E-state index in [1.54, 1.807) is 6.92 Å². The number of carbonyl (C=O) groups excluding carboxylic acids is 1. The Balaban J connectivity index is 3.25. The first-order chi connectivity index (χ1) is 3.66. The van der Waals surface area contributed by atoms with E-state index in [2.05, 4.69) is 0 Å². The molecular weight excluding hydrogens is 171 g/mol. The van der Waals surface area contributed by atoms with Crippen molar-refractivity contribution in [3.63, 3.8) is 0 Å². The van der Waals surface area contributed by atoms with Gasteiger partial charge in [0, 0.05) is 0 Å². The summed E-state index contributed by atoms with van der Waals surface area (Å²) in [6.45, 7) is 1.80. The third kappa shape index (κ3) is 4.16. The van der Waals surface area contributed by atoms with Crippen LogP contribution < -0.4 is 0 Å². The van der Waals surface area contributed by atoms with E-state index in [1.807, 2.05) is 11.6 Å².